The Morgan fingerprint density at radius 3 is 2.42 bits per heavy atom. The number of amides is 2. The van der Waals surface area contributed by atoms with Gasteiger partial charge in [0, 0.05) is 26.2 Å². The maximum Gasteiger partial charge on any atom is 0.273 e. The molecule has 0 aliphatic rings. The highest BCUT2D eigenvalue weighted by molar-refractivity contribution is 6.08. The van der Waals surface area contributed by atoms with Crippen LogP contribution < -0.4 is 10.1 Å². The second kappa shape index (κ2) is 7.63. The van der Waals surface area contributed by atoms with Crippen LogP contribution in [0.15, 0.2) is 30.5 Å². The van der Waals surface area contributed by atoms with Crippen molar-refractivity contribution in [3.8, 4) is 5.75 Å². The fourth-order valence-electron chi connectivity index (χ4n) is 2.22. The molecule has 0 saturated carbocycles. The summed E-state index contributed by atoms with van der Waals surface area (Å²) in [7, 11) is 3.32. The number of hydrogen-bond acceptors (Lipinski definition) is 4. The van der Waals surface area contributed by atoms with Gasteiger partial charge in [0.15, 0.2) is 0 Å². The fraction of sp³-hybridized carbons (Fsp3) is 0.353. The van der Waals surface area contributed by atoms with Gasteiger partial charge in [0.1, 0.15) is 11.4 Å². The monoisotopic (exact) mass is 330 g/mol. The molecular weight excluding hydrogens is 308 g/mol. The van der Waals surface area contributed by atoms with Crippen LogP contribution in [-0.2, 0) is 6.54 Å². The van der Waals surface area contributed by atoms with E-state index in [0.29, 0.717) is 35.8 Å². The number of rotatable bonds is 6. The van der Waals surface area contributed by atoms with Gasteiger partial charge in [0.2, 0.25) is 0 Å². The Bertz CT molecular complexity index is 720. The highest BCUT2D eigenvalue weighted by Crippen LogP contribution is 2.19. The van der Waals surface area contributed by atoms with Crippen LogP contribution in [0.25, 0.3) is 0 Å². The molecule has 0 spiro atoms. The van der Waals surface area contributed by atoms with E-state index in [2.05, 4.69) is 10.4 Å². The van der Waals surface area contributed by atoms with Gasteiger partial charge in [-0.2, -0.15) is 5.10 Å². The molecule has 0 saturated heterocycles. The molecule has 128 valence electrons. The molecule has 0 aliphatic carbocycles. The molecule has 7 heteroatoms. The predicted octanol–water partition coefficient (Wildman–Crippen LogP) is 2.26. The topological polar surface area (TPSA) is 76.5 Å². The second-order valence-corrected chi connectivity index (χ2v) is 5.33. The van der Waals surface area contributed by atoms with Crippen LogP contribution >= 0.6 is 0 Å². The lowest BCUT2D eigenvalue weighted by atomic mass is 10.2. The average Bonchev–Trinajstić information content (AvgIpc) is 2.97. The Kier molecular flexibility index (Phi) is 5.57. The number of anilines is 1. The van der Waals surface area contributed by atoms with Crippen molar-refractivity contribution >= 4 is 17.5 Å². The van der Waals surface area contributed by atoms with E-state index in [9.17, 15) is 9.59 Å². The summed E-state index contributed by atoms with van der Waals surface area (Å²) in [6.07, 6.45) is 1.49. The normalized spacial score (nSPS) is 10.3. The lowest BCUT2D eigenvalue weighted by Gasteiger charge is -2.13. The summed E-state index contributed by atoms with van der Waals surface area (Å²) in [5.74, 6) is 0.189. The summed E-state index contributed by atoms with van der Waals surface area (Å²) in [6.45, 7) is 4.89. The first-order valence-electron chi connectivity index (χ1n) is 7.79. The number of nitrogens with zero attached hydrogens (tertiary/aromatic N) is 3. The molecular formula is C17H22N4O3. The van der Waals surface area contributed by atoms with Crippen molar-refractivity contribution in [2.45, 2.75) is 20.4 Å². The highest BCUT2D eigenvalue weighted by atomic mass is 16.5. The molecule has 0 fully saturated rings. The zero-order valence-electron chi connectivity index (χ0n) is 14.4. The molecule has 0 aliphatic heterocycles. The molecule has 2 amide bonds. The minimum absolute atomic E-state index is 0.212. The molecule has 7 nitrogen and oxygen atoms in total. The number of aromatic nitrogens is 2. The number of nitrogens with one attached hydrogen (secondary N) is 1. The Morgan fingerprint density at radius 1 is 1.21 bits per heavy atom. The first-order chi connectivity index (χ1) is 11.5. The number of ether oxygens (including phenoxy) is 1. The lowest BCUT2D eigenvalue weighted by Crippen LogP contribution is -2.26. The van der Waals surface area contributed by atoms with E-state index in [0.717, 1.165) is 0 Å². The summed E-state index contributed by atoms with van der Waals surface area (Å²) < 4.78 is 6.92. The molecule has 2 aromatic rings. The zero-order valence-corrected chi connectivity index (χ0v) is 14.4. The maximum absolute atomic E-state index is 12.4. The molecule has 0 bridgehead atoms. The summed E-state index contributed by atoms with van der Waals surface area (Å²) in [5.41, 5.74) is 1.24. The third-order valence-corrected chi connectivity index (χ3v) is 3.42. The molecule has 1 N–H and O–H groups in total. The van der Waals surface area contributed by atoms with Gasteiger partial charge in [0.05, 0.1) is 18.5 Å². The Labute approximate surface area is 141 Å². The average molecular weight is 330 g/mol. The smallest absolute Gasteiger partial charge is 0.273 e. The number of aryl methyl sites for hydroxylation is 1. The van der Waals surface area contributed by atoms with E-state index in [-0.39, 0.29) is 11.8 Å². The Hall–Kier alpha value is -2.83. The molecule has 0 unspecified atom stereocenters. The number of carbonyl (C=O) groups excluding carboxylic acids is 2. The zero-order chi connectivity index (χ0) is 17.7. The van der Waals surface area contributed by atoms with Crippen LogP contribution in [0.5, 0.6) is 5.75 Å². The van der Waals surface area contributed by atoms with Crippen molar-refractivity contribution in [2.24, 2.45) is 0 Å². The summed E-state index contributed by atoms with van der Waals surface area (Å²) >= 11 is 0. The third kappa shape index (κ3) is 3.73. The van der Waals surface area contributed by atoms with Gasteiger partial charge in [-0.3, -0.25) is 14.3 Å². The van der Waals surface area contributed by atoms with Crippen LogP contribution in [0, 0.1) is 0 Å². The quantitative estimate of drug-likeness (QED) is 0.881. The van der Waals surface area contributed by atoms with Crippen LogP contribution in [0.4, 0.5) is 5.69 Å². The van der Waals surface area contributed by atoms with Gasteiger partial charge in [-0.25, -0.2) is 0 Å². The SMILES string of the molecule is CCOc1ccc(C(=O)Nc2cnn(CC)c2C(=O)N(C)C)cc1. The molecule has 0 atom stereocenters. The van der Waals surface area contributed by atoms with Crippen LogP contribution in [-0.4, -0.2) is 47.2 Å². The molecule has 24 heavy (non-hydrogen) atoms. The molecule has 0 radical (unpaired) electrons. The van der Waals surface area contributed by atoms with Gasteiger partial charge in [-0.1, -0.05) is 0 Å². The van der Waals surface area contributed by atoms with Crippen LogP contribution in [0.3, 0.4) is 0 Å². The van der Waals surface area contributed by atoms with Crippen molar-refractivity contribution < 1.29 is 14.3 Å². The van der Waals surface area contributed by atoms with E-state index in [1.807, 2.05) is 13.8 Å². The number of carbonyl (C=O) groups is 2. The molecule has 1 aromatic heterocycles. The first kappa shape index (κ1) is 17.5. The van der Waals surface area contributed by atoms with Gasteiger partial charge in [-0.05, 0) is 38.1 Å². The van der Waals surface area contributed by atoms with Gasteiger partial charge in [-0.15, -0.1) is 0 Å². The van der Waals surface area contributed by atoms with Crippen molar-refractivity contribution in [3.63, 3.8) is 0 Å². The summed E-state index contributed by atoms with van der Waals surface area (Å²) in [5, 5.41) is 6.92. The highest BCUT2D eigenvalue weighted by Gasteiger charge is 2.21. The van der Waals surface area contributed by atoms with E-state index in [1.54, 1.807) is 43.0 Å². The lowest BCUT2D eigenvalue weighted by molar-refractivity contribution is 0.0816. The van der Waals surface area contributed by atoms with Crippen molar-refractivity contribution in [3.05, 3.63) is 41.7 Å². The minimum atomic E-state index is -0.304. The van der Waals surface area contributed by atoms with Crippen LogP contribution in [0.1, 0.15) is 34.7 Å². The van der Waals surface area contributed by atoms with E-state index < -0.39 is 0 Å². The van der Waals surface area contributed by atoms with Crippen molar-refractivity contribution in [1.29, 1.82) is 0 Å². The maximum atomic E-state index is 12.4. The van der Waals surface area contributed by atoms with Gasteiger partial charge < -0.3 is 15.0 Å². The third-order valence-electron chi connectivity index (χ3n) is 3.42. The standard InChI is InChI=1S/C17H22N4O3/c1-5-21-15(17(23)20(3)4)14(11-18-21)19-16(22)12-7-9-13(10-8-12)24-6-2/h7-11H,5-6H2,1-4H3,(H,19,22). The van der Waals surface area contributed by atoms with E-state index >= 15 is 0 Å². The largest absolute Gasteiger partial charge is 0.494 e. The molecule has 1 aromatic carbocycles. The Morgan fingerprint density at radius 2 is 1.88 bits per heavy atom. The van der Waals surface area contributed by atoms with E-state index in [4.69, 9.17) is 4.74 Å². The number of hydrogen-bond donors (Lipinski definition) is 1. The van der Waals surface area contributed by atoms with Crippen molar-refractivity contribution in [2.75, 3.05) is 26.0 Å². The summed E-state index contributed by atoms with van der Waals surface area (Å²) in [6, 6.07) is 6.83. The van der Waals surface area contributed by atoms with Crippen molar-refractivity contribution in [1.82, 2.24) is 14.7 Å². The first-order valence-corrected chi connectivity index (χ1v) is 7.79. The minimum Gasteiger partial charge on any atom is -0.494 e. The second-order valence-electron chi connectivity index (χ2n) is 5.33. The van der Waals surface area contributed by atoms with E-state index in [1.165, 1.54) is 11.1 Å². The number of benzene rings is 1. The molecule has 1 heterocycles. The summed E-state index contributed by atoms with van der Waals surface area (Å²) in [4.78, 5) is 26.2. The van der Waals surface area contributed by atoms with Gasteiger partial charge in [0.25, 0.3) is 11.8 Å². The van der Waals surface area contributed by atoms with Gasteiger partial charge >= 0.3 is 0 Å². The fourth-order valence-corrected chi connectivity index (χ4v) is 2.22. The molecule has 2 rings (SSSR count). The Balaban J connectivity index is 2.22. The van der Waals surface area contributed by atoms with Crippen LogP contribution in [0.2, 0.25) is 0 Å². The predicted molar refractivity (Wildman–Crippen MR) is 91.5 cm³/mol.